The van der Waals surface area contributed by atoms with Crippen molar-refractivity contribution in [2.75, 3.05) is 19.6 Å². The van der Waals surface area contributed by atoms with Gasteiger partial charge < -0.3 is 15.6 Å². The molecule has 0 aromatic carbocycles. The third-order valence-corrected chi connectivity index (χ3v) is 2.86. The summed E-state index contributed by atoms with van der Waals surface area (Å²) in [4.78, 5) is 27.7. The first-order valence-corrected chi connectivity index (χ1v) is 6.07. The van der Waals surface area contributed by atoms with Crippen LogP contribution in [-0.2, 0) is 0 Å². The normalized spacial score (nSPS) is 11.3. The maximum Gasteiger partial charge on any atom is 0.254 e. The van der Waals surface area contributed by atoms with Gasteiger partial charge in [-0.1, -0.05) is 13.8 Å². The molecule has 0 unspecified atom stereocenters. The minimum absolute atomic E-state index is 0.132. The molecule has 0 saturated carbocycles. The number of hydrogen-bond donors (Lipinski definition) is 2. The van der Waals surface area contributed by atoms with E-state index in [1.807, 2.05) is 20.8 Å². The number of carbonyl (C=O) groups is 1. The molecule has 0 aliphatic heterocycles. The molecule has 0 saturated heterocycles. The molecule has 0 bridgehead atoms. The first-order chi connectivity index (χ1) is 8.39. The van der Waals surface area contributed by atoms with Gasteiger partial charge in [0.05, 0.1) is 0 Å². The van der Waals surface area contributed by atoms with E-state index in [9.17, 15) is 9.59 Å². The smallest absolute Gasteiger partial charge is 0.254 e. The van der Waals surface area contributed by atoms with Crippen LogP contribution in [0.1, 0.15) is 31.1 Å². The van der Waals surface area contributed by atoms with E-state index in [2.05, 4.69) is 4.98 Å². The van der Waals surface area contributed by atoms with Crippen molar-refractivity contribution in [3.05, 3.63) is 34.2 Å². The molecule has 18 heavy (non-hydrogen) atoms. The topological polar surface area (TPSA) is 79.2 Å². The van der Waals surface area contributed by atoms with E-state index in [1.54, 1.807) is 11.0 Å². The van der Waals surface area contributed by atoms with E-state index < -0.39 is 0 Å². The number of H-pyrrole nitrogens is 1. The van der Waals surface area contributed by atoms with Crippen LogP contribution in [0.25, 0.3) is 0 Å². The number of amides is 1. The first-order valence-electron chi connectivity index (χ1n) is 6.07. The lowest BCUT2D eigenvalue weighted by molar-refractivity contribution is 0.0700. The molecule has 0 aliphatic carbocycles. The summed E-state index contributed by atoms with van der Waals surface area (Å²) in [6.45, 7) is 7.62. The van der Waals surface area contributed by atoms with Gasteiger partial charge in [-0.15, -0.1) is 0 Å². The van der Waals surface area contributed by atoms with Crippen molar-refractivity contribution in [1.82, 2.24) is 9.88 Å². The van der Waals surface area contributed by atoms with Crippen molar-refractivity contribution in [3.63, 3.8) is 0 Å². The summed E-state index contributed by atoms with van der Waals surface area (Å²) in [5.41, 5.74) is 5.69. The van der Waals surface area contributed by atoms with Crippen LogP contribution in [0.4, 0.5) is 0 Å². The minimum Gasteiger partial charge on any atom is -0.338 e. The van der Waals surface area contributed by atoms with E-state index in [0.717, 1.165) is 0 Å². The van der Waals surface area contributed by atoms with Gasteiger partial charge in [0, 0.05) is 30.9 Å². The summed E-state index contributed by atoms with van der Waals surface area (Å²) in [7, 11) is 0. The zero-order valence-electron chi connectivity index (χ0n) is 11.2. The fourth-order valence-corrected chi connectivity index (χ4v) is 1.67. The molecule has 0 radical (unpaired) electrons. The Morgan fingerprint density at radius 2 is 2.17 bits per heavy atom. The van der Waals surface area contributed by atoms with Crippen LogP contribution in [0.2, 0.25) is 0 Å². The van der Waals surface area contributed by atoms with Crippen LogP contribution >= 0.6 is 0 Å². The number of nitrogens with two attached hydrogens (primary N) is 1. The summed E-state index contributed by atoms with van der Waals surface area (Å²) in [5, 5.41) is 0. The first kappa shape index (κ1) is 14.4. The Hall–Kier alpha value is -1.62. The van der Waals surface area contributed by atoms with Crippen molar-refractivity contribution in [3.8, 4) is 0 Å². The Balaban J connectivity index is 2.89. The lowest BCUT2D eigenvalue weighted by atomic mass is 9.93. The SMILES string of the molecule is CCN(CC(C)(C)CN)C(=O)c1cc[nH]c(=O)c1. The van der Waals surface area contributed by atoms with Gasteiger partial charge in [-0.05, 0) is 24.9 Å². The van der Waals surface area contributed by atoms with Crippen LogP contribution < -0.4 is 11.3 Å². The van der Waals surface area contributed by atoms with E-state index in [1.165, 1.54) is 12.3 Å². The molecule has 1 rings (SSSR count). The van der Waals surface area contributed by atoms with Gasteiger partial charge >= 0.3 is 0 Å². The van der Waals surface area contributed by atoms with Crippen molar-refractivity contribution < 1.29 is 4.79 Å². The van der Waals surface area contributed by atoms with Crippen LogP contribution in [0.3, 0.4) is 0 Å². The molecule has 0 spiro atoms. The number of carbonyl (C=O) groups excluding carboxylic acids is 1. The molecule has 3 N–H and O–H groups in total. The van der Waals surface area contributed by atoms with Gasteiger partial charge in [-0.3, -0.25) is 9.59 Å². The molecule has 0 fully saturated rings. The Morgan fingerprint density at radius 1 is 1.50 bits per heavy atom. The molecule has 5 nitrogen and oxygen atoms in total. The van der Waals surface area contributed by atoms with Crippen LogP contribution in [0.15, 0.2) is 23.1 Å². The highest BCUT2D eigenvalue weighted by atomic mass is 16.2. The molecular formula is C13H21N3O2. The number of nitrogens with zero attached hydrogens (tertiary/aromatic N) is 1. The number of rotatable bonds is 5. The fraction of sp³-hybridized carbons (Fsp3) is 0.538. The third-order valence-electron chi connectivity index (χ3n) is 2.86. The Bertz CT molecular complexity index is 465. The lowest BCUT2D eigenvalue weighted by Crippen LogP contribution is -2.42. The summed E-state index contributed by atoms with van der Waals surface area (Å²) in [6.07, 6.45) is 1.48. The van der Waals surface area contributed by atoms with Gasteiger partial charge in [0.2, 0.25) is 5.56 Å². The lowest BCUT2D eigenvalue weighted by Gasteiger charge is -2.31. The van der Waals surface area contributed by atoms with Gasteiger partial charge in [-0.2, -0.15) is 0 Å². The second-order valence-corrected chi connectivity index (χ2v) is 5.13. The Morgan fingerprint density at radius 3 is 2.67 bits per heavy atom. The zero-order chi connectivity index (χ0) is 13.8. The molecule has 1 amide bonds. The molecule has 1 aromatic heterocycles. The van der Waals surface area contributed by atoms with E-state index in [4.69, 9.17) is 5.73 Å². The van der Waals surface area contributed by atoms with E-state index in [0.29, 0.717) is 25.2 Å². The van der Waals surface area contributed by atoms with Crippen LogP contribution in [0, 0.1) is 5.41 Å². The van der Waals surface area contributed by atoms with Gasteiger partial charge in [0.1, 0.15) is 0 Å². The fourth-order valence-electron chi connectivity index (χ4n) is 1.67. The van der Waals surface area contributed by atoms with Crippen molar-refractivity contribution in [2.45, 2.75) is 20.8 Å². The van der Waals surface area contributed by atoms with Crippen LogP contribution in [0.5, 0.6) is 0 Å². The third kappa shape index (κ3) is 3.70. The monoisotopic (exact) mass is 251 g/mol. The second kappa shape index (κ2) is 5.82. The predicted molar refractivity (Wildman–Crippen MR) is 71.5 cm³/mol. The molecule has 100 valence electrons. The number of pyridine rings is 1. The maximum absolute atomic E-state index is 12.3. The second-order valence-electron chi connectivity index (χ2n) is 5.13. The molecule has 1 aromatic rings. The predicted octanol–water partition coefficient (Wildman–Crippen LogP) is 0.822. The molecule has 0 aliphatic rings. The van der Waals surface area contributed by atoms with Gasteiger partial charge in [0.15, 0.2) is 0 Å². The Labute approximate surface area is 107 Å². The summed E-state index contributed by atoms with van der Waals surface area (Å²) in [5.74, 6) is -0.134. The zero-order valence-corrected chi connectivity index (χ0v) is 11.2. The largest absolute Gasteiger partial charge is 0.338 e. The number of aromatic nitrogens is 1. The quantitative estimate of drug-likeness (QED) is 0.813. The summed E-state index contributed by atoms with van der Waals surface area (Å²) >= 11 is 0. The summed E-state index contributed by atoms with van der Waals surface area (Å²) < 4.78 is 0. The highest BCUT2D eigenvalue weighted by molar-refractivity contribution is 5.94. The minimum atomic E-state index is -0.269. The standard InChI is InChI=1S/C13H21N3O2/c1-4-16(9-13(2,3)8-14)12(18)10-5-6-15-11(17)7-10/h5-7H,4,8-9,14H2,1-3H3,(H,15,17). The molecule has 5 heteroatoms. The average Bonchev–Trinajstić information content (AvgIpc) is 2.35. The number of aromatic amines is 1. The summed E-state index contributed by atoms with van der Waals surface area (Å²) in [6, 6.07) is 2.93. The maximum atomic E-state index is 12.3. The van der Waals surface area contributed by atoms with Crippen LogP contribution in [-0.4, -0.2) is 35.4 Å². The van der Waals surface area contributed by atoms with E-state index in [-0.39, 0.29) is 16.9 Å². The van der Waals surface area contributed by atoms with Crippen molar-refractivity contribution in [2.24, 2.45) is 11.1 Å². The number of nitrogens with one attached hydrogen (secondary N) is 1. The highest BCUT2D eigenvalue weighted by Crippen LogP contribution is 2.16. The van der Waals surface area contributed by atoms with Gasteiger partial charge in [0.25, 0.3) is 5.91 Å². The molecular weight excluding hydrogens is 230 g/mol. The van der Waals surface area contributed by atoms with Crippen molar-refractivity contribution >= 4 is 5.91 Å². The average molecular weight is 251 g/mol. The Kier molecular flexibility index (Phi) is 4.67. The molecule has 0 atom stereocenters. The van der Waals surface area contributed by atoms with Crippen molar-refractivity contribution in [1.29, 1.82) is 0 Å². The highest BCUT2D eigenvalue weighted by Gasteiger charge is 2.23. The molecule has 1 heterocycles. The number of hydrogen-bond acceptors (Lipinski definition) is 3. The van der Waals surface area contributed by atoms with E-state index >= 15 is 0 Å². The van der Waals surface area contributed by atoms with Gasteiger partial charge in [-0.25, -0.2) is 0 Å².